The highest BCUT2D eigenvalue weighted by Gasteiger charge is 2.04. The summed E-state index contributed by atoms with van der Waals surface area (Å²) < 4.78 is 5.17. The summed E-state index contributed by atoms with van der Waals surface area (Å²) in [6, 6.07) is 10.5. The standard InChI is InChI=1S/C10H15BO/c1-11(12-2)9-8-10-6-4-3-5-7-10/h3-7H,8-9H2,1-2H3. The van der Waals surface area contributed by atoms with Crippen LogP contribution in [0.2, 0.25) is 13.1 Å². The normalized spacial score (nSPS) is 9.83. The molecule has 2 heteroatoms. The van der Waals surface area contributed by atoms with E-state index in [9.17, 15) is 0 Å². The van der Waals surface area contributed by atoms with Crippen molar-refractivity contribution in [3.05, 3.63) is 35.9 Å². The molecule has 0 amide bonds. The molecule has 64 valence electrons. The highest BCUT2D eigenvalue weighted by molar-refractivity contribution is 6.50. The summed E-state index contributed by atoms with van der Waals surface area (Å²) in [6.45, 7) is 2.47. The van der Waals surface area contributed by atoms with Crippen LogP contribution in [0, 0.1) is 0 Å². The zero-order chi connectivity index (χ0) is 8.81. The lowest BCUT2D eigenvalue weighted by atomic mass is 9.66. The maximum Gasteiger partial charge on any atom is 0.289 e. The van der Waals surface area contributed by atoms with Gasteiger partial charge in [0, 0.05) is 7.11 Å². The van der Waals surface area contributed by atoms with E-state index in [4.69, 9.17) is 4.65 Å². The van der Waals surface area contributed by atoms with Crippen molar-refractivity contribution < 1.29 is 4.65 Å². The molecule has 0 radical (unpaired) electrons. The second-order valence-corrected chi connectivity index (χ2v) is 3.07. The average Bonchev–Trinajstić information content (AvgIpc) is 2.16. The lowest BCUT2D eigenvalue weighted by Crippen LogP contribution is -2.10. The van der Waals surface area contributed by atoms with Crippen LogP contribution in [0.15, 0.2) is 30.3 Å². The third-order valence-electron chi connectivity index (χ3n) is 2.08. The fourth-order valence-corrected chi connectivity index (χ4v) is 1.13. The van der Waals surface area contributed by atoms with Crippen molar-refractivity contribution in [1.82, 2.24) is 0 Å². The van der Waals surface area contributed by atoms with Gasteiger partial charge in [0.25, 0.3) is 6.92 Å². The minimum Gasteiger partial charge on any atom is -0.439 e. The minimum absolute atomic E-state index is 0.366. The van der Waals surface area contributed by atoms with Gasteiger partial charge in [-0.1, -0.05) is 37.2 Å². The molecule has 0 unspecified atom stereocenters. The van der Waals surface area contributed by atoms with E-state index in [2.05, 4.69) is 31.1 Å². The predicted molar refractivity (Wildman–Crippen MR) is 53.6 cm³/mol. The molecule has 0 aromatic heterocycles. The molecule has 1 rings (SSSR count). The molecule has 0 fully saturated rings. The molecule has 12 heavy (non-hydrogen) atoms. The number of rotatable bonds is 4. The molecule has 0 aliphatic heterocycles. The van der Waals surface area contributed by atoms with Crippen LogP contribution >= 0.6 is 0 Å². The monoisotopic (exact) mass is 162 g/mol. The Morgan fingerprint density at radius 3 is 2.50 bits per heavy atom. The van der Waals surface area contributed by atoms with Crippen molar-refractivity contribution in [3.8, 4) is 0 Å². The van der Waals surface area contributed by atoms with Crippen molar-refractivity contribution in [3.63, 3.8) is 0 Å². The molecule has 1 aromatic carbocycles. The van der Waals surface area contributed by atoms with Gasteiger partial charge < -0.3 is 4.65 Å². The summed E-state index contributed by atoms with van der Waals surface area (Å²) in [5.74, 6) is 0. The van der Waals surface area contributed by atoms with Gasteiger partial charge in [-0.2, -0.15) is 0 Å². The number of benzene rings is 1. The Morgan fingerprint density at radius 2 is 1.92 bits per heavy atom. The topological polar surface area (TPSA) is 9.23 Å². The number of hydrogen-bond acceptors (Lipinski definition) is 1. The van der Waals surface area contributed by atoms with Crippen LogP contribution in [0.1, 0.15) is 5.56 Å². The van der Waals surface area contributed by atoms with Gasteiger partial charge in [0.15, 0.2) is 0 Å². The zero-order valence-corrected chi connectivity index (χ0v) is 7.79. The van der Waals surface area contributed by atoms with Gasteiger partial charge >= 0.3 is 0 Å². The quantitative estimate of drug-likeness (QED) is 0.618. The Labute approximate surface area is 74.9 Å². The van der Waals surface area contributed by atoms with Gasteiger partial charge in [-0.15, -0.1) is 0 Å². The molecule has 0 aliphatic rings. The molecule has 0 spiro atoms. The highest BCUT2D eigenvalue weighted by Crippen LogP contribution is 2.05. The Balaban J connectivity index is 2.33. The molecule has 0 saturated carbocycles. The number of aryl methyl sites for hydroxylation is 1. The van der Waals surface area contributed by atoms with E-state index in [1.165, 1.54) is 5.56 Å². The van der Waals surface area contributed by atoms with Gasteiger partial charge in [-0.25, -0.2) is 0 Å². The van der Waals surface area contributed by atoms with E-state index < -0.39 is 0 Å². The molecule has 0 aliphatic carbocycles. The molecule has 0 atom stereocenters. The van der Waals surface area contributed by atoms with Crippen molar-refractivity contribution in [2.45, 2.75) is 19.6 Å². The van der Waals surface area contributed by atoms with Crippen LogP contribution in [0.25, 0.3) is 0 Å². The molecular weight excluding hydrogens is 147 g/mol. The summed E-state index contributed by atoms with van der Waals surface area (Å²) in [7, 11) is 1.76. The van der Waals surface area contributed by atoms with E-state index in [-0.39, 0.29) is 0 Å². The first-order valence-electron chi connectivity index (χ1n) is 4.39. The van der Waals surface area contributed by atoms with E-state index in [0.717, 1.165) is 12.7 Å². The van der Waals surface area contributed by atoms with Gasteiger partial charge in [-0.3, -0.25) is 0 Å². The molecule has 0 N–H and O–H groups in total. The Hall–Kier alpha value is -0.755. The predicted octanol–water partition coefficient (Wildman–Crippen LogP) is 2.50. The summed E-state index contributed by atoms with van der Waals surface area (Å²) in [4.78, 5) is 0. The lowest BCUT2D eigenvalue weighted by Gasteiger charge is -2.04. The highest BCUT2D eigenvalue weighted by atomic mass is 16.4. The summed E-state index contributed by atoms with van der Waals surface area (Å²) in [6.07, 6.45) is 2.20. The zero-order valence-electron chi connectivity index (χ0n) is 7.79. The van der Waals surface area contributed by atoms with Crippen molar-refractivity contribution in [1.29, 1.82) is 0 Å². The van der Waals surface area contributed by atoms with Crippen LogP contribution in [0.4, 0.5) is 0 Å². The maximum atomic E-state index is 5.17. The fourth-order valence-electron chi connectivity index (χ4n) is 1.13. The largest absolute Gasteiger partial charge is 0.439 e. The maximum absolute atomic E-state index is 5.17. The van der Waals surface area contributed by atoms with Crippen molar-refractivity contribution in [2.75, 3.05) is 7.11 Å². The first-order valence-corrected chi connectivity index (χ1v) is 4.39. The average molecular weight is 162 g/mol. The van der Waals surface area contributed by atoms with Gasteiger partial charge in [-0.05, 0) is 18.3 Å². The van der Waals surface area contributed by atoms with Crippen LogP contribution in [0.5, 0.6) is 0 Å². The van der Waals surface area contributed by atoms with Gasteiger partial charge in [0.2, 0.25) is 0 Å². The van der Waals surface area contributed by atoms with Crippen molar-refractivity contribution >= 4 is 6.92 Å². The fraction of sp³-hybridized carbons (Fsp3) is 0.400. The summed E-state index contributed by atoms with van der Waals surface area (Å²) in [5, 5.41) is 0. The van der Waals surface area contributed by atoms with Crippen LogP contribution in [-0.4, -0.2) is 14.0 Å². The molecule has 0 saturated heterocycles. The molecule has 1 nitrogen and oxygen atoms in total. The first-order chi connectivity index (χ1) is 5.83. The third kappa shape index (κ3) is 3.10. The smallest absolute Gasteiger partial charge is 0.289 e. The van der Waals surface area contributed by atoms with Crippen LogP contribution < -0.4 is 0 Å². The summed E-state index contributed by atoms with van der Waals surface area (Å²) in [5.41, 5.74) is 1.39. The summed E-state index contributed by atoms with van der Waals surface area (Å²) >= 11 is 0. The van der Waals surface area contributed by atoms with Gasteiger partial charge in [0.1, 0.15) is 0 Å². The Morgan fingerprint density at radius 1 is 1.25 bits per heavy atom. The second kappa shape index (κ2) is 4.99. The van der Waals surface area contributed by atoms with E-state index in [1.54, 1.807) is 7.11 Å². The second-order valence-electron chi connectivity index (χ2n) is 3.07. The van der Waals surface area contributed by atoms with E-state index in [1.807, 2.05) is 6.07 Å². The van der Waals surface area contributed by atoms with E-state index in [0.29, 0.717) is 6.92 Å². The number of hydrogen-bond donors (Lipinski definition) is 0. The Kier molecular flexibility index (Phi) is 3.88. The van der Waals surface area contributed by atoms with Crippen LogP contribution in [-0.2, 0) is 11.1 Å². The van der Waals surface area contributed by atoms with Crippen LogP contribution in [0.3, 0.4) is 0 Å². The van der Waals surface area contributed by atoms with Crippen molar-refractivity contribution in [2.24, 2.45) is 0 Å². The van der Waals surface area contributed by atoms with Gasteiger partial charge in [0.05, 0.1) is 0 Å². The third-order valence-corrected chi connectivity index (χ3v) is 2.08. The van der Waals surface area contributed by atoms with E-state index >= 15 is 0 Å². The minimum atomic E-state index is 0.366. The molecular formula is C10H15BO. The first kappa shape index (κ1) is 9.33. The SMILES string of the molecule is COB(C)CCc1ccccc1. The molecule has 0 bridgehead atoms. The molecule has 0 heterocycles. The lowest BCUT2D eigenvalue weighted by molar-refractivity contribution is 0.423. The Bertz CT molecular complexity index is 210. The molecule has 1 aromatic rings.